The van der Waals surface area contributed by atoms with Gasteiger partial charge in [0.2, 0.25) is 0 Å². The van der Waals surface area contributed by atoms with Crippen molar-refractivity contribution in [1.82, 2.24) is 0 Å². The summed E-state index contributed by atoms with van der Waals surface area (Å²) < 4.78 is 1.27. The molecule has 2 aromatic heterocycles. The first-order valence-corrected chi connectivity index (χ1v) is 7.28. The summed E-state index contributed by atoms with van der Waals surface area (Å²) in [5, 5.41) is 0. The van der Waals surface area contributed by atoms with Crippen molar-refractivity contribution in [2.45, 2.75) is 13.3 Å². The first-order valence-electron chi connectivity index (χ1n) is 4.57. The van der Waals surface area contributed by atoms with E-state index in [2.05, 4.69) is 35.6 Å². The molecule has 0 N–H and O–H groups in total. The van der Waals surface area contributed by atoms with E-state index in [1.807, 2.05) is 6.07 Å². The van der Waals surface area contributed by atoms with Crippen LogP contribution >= 0.6 is 45.3 Å². The van der Waals surface area contributed by atoms with Gasteiger partial charge in [-0.2, -0.15) is 0 Å². The Morgan fingerprint density at radius 2 is 2.07 bits per heavy atom. The molecule has 0 unspecified atom stereocenters. The minimum absolute atomic E-state index is 0.274. The summed E-state index contributed by atoms with van der Waals surface area (Å²) in [5.41, 5.74) is 2.15. The maximum absolute atomic E-state index is 11.9. The van der Waals surface area contributed by atoms with Crippen molar-refractivity contribution in [2.24, 2.45) is 0 Å². The van der Waals surface area contributed by atoms with Gasteiger partial charge in [-0.3, -0.25) is 4.79 Å². The molecule has 2 heterocycles. The van der Waals surface area contributed by atoms with Crippen LogP contribution in [0, 0.1) is 9.81 Å². The molecule has 0 aromatic carbocycles. The van der Waals surface area contributed by atoms with E-state index in [1.165, 1.54) is 23.1 Å². The molecule has 0 aliphatic heterocycles. The minimum atomic E-state index is 0.274. The number of Topliss-reactive ketones (excluding diaryl/α,β-unsaturated/α-hetero) is 1. The summed E-state index contributed by atoms with van der Waals surface area (Å²) in [7, 11) is 0. The highest BCUT2D eigenvalue weighted by Gasteiger charge is 2.26. The van der Waals surface area contributed by atoms with Crippen LogP contribution in [-0.4, -0.2) is 5.78 Å². The first kappa shape index (κ1) is 9.99. The van der Waals surface area contributed by atoms with E-state index in [4.69, 9.17) is 0 Å². The van der Waals surface area contributed by atoms with Crippen LogP contribution in [-0.2, 0) is 6.42 Å². The van der Waals surface area contributed by atoms with Crippen molar-refractivity contribution < 1.29 is 4.79 Å². The molecule has 0 saturated heterocycles. The fraction of sp³-hybridized carbons (Fsp3) is 0.182. The Kier molecular flexibility index (Phi) is 2.26. The number of ketones is 1. The zero-order valence-electron chi connectivity index (χ0n) is 7.96. The lowest BCUT2D eigenvalue weighted by atomic mass is 9.97. The molecule has 0 fully saturated rings. The number of hydrogen-bond acceptors (Lipinski definition) is 3. The number of thiophene rings is 2. The van der Waals surface area contributed by atoms with E-state index in [0.717, 1.165) is 5.56 Å². The zero-order chi connectivity index (χ0) is 10.6. The van der Waals surface area contributed by atoms with Crippen LogP contribution in [0.15, 0.2) is 12.1 Å². The molecule has 1 aliphatic rings. The molecule has 3 rings (SSSR count). The number of halogens is 1. The SMILES string of the molecule is Cc1cc2c(s1)-c1sc(I)cc1CC2=O. The lowest BCUT2D eigenvalue weighted by molar-refractivity contribution is 0.0992. The summed E-state index contributed by atoms with van der Waals surface area (Å²) in [4.78, 5) is 15.6. The molecular formula is C11H7IOS2. The third-order valence-corrected chi connectivity index (χ3v) is 5.64. The van der Waals surface area contributed by atoms with Crippen molar-refractivity contribution in [3.05, 3.63) is 31.0 Å². The highest BCUT2D eigenvalue weighted by Crippen LogP contribution is 2.43. The van der Waals surface area contributed by atoms with Gasteiger partial charge in [0.05, 0.1) is 7.76 Å². The summed E-state index contributed by atoms with van der Waals surface area (Å²) >= 11 is 5.85. The van der Waals surface area contributed by atoms with E-state index in [-0.39, 0.29) is 5.78 Å². The fourth-order valence-corrected chi connectivity index (χ4v) is 5.03. The molecule has 0 saturated carbocycles. The maximum Gasteiger partial charge on any atom is 0.168 e. The number of fused-ring (bicyclic) bond motifs is 3. The van der Waals surface area contributed by atoms with Gasteiger partial charge in [0.25, 0.3) is 0 Å². The number of aryl methyl sites for hydroxylation is 1. The molecule has 0 spiro atoms. The molecule has 0 bridgehead atoms. The molecule has 1 nitrogen and oxygen atoms in total. The van der Waals surface area contributed by atoms with Crippen molar-refractivity contribution in [3.8, 4) is 9.75 Å². The number of carbonyl (C=O) groups excluding carboxylic acids is 1. The van der Waals surface area contributed by atoms with Gasteiger partial charge in [0, 0.05) is 21.7 Å². The highest BCUT2D eigenvalue weighted by molar-refractivity contribution is 14.1. The Balaban J connectivity index is 2.33. The molecule has 0 atom stereocenters. The number of hydrogen-bond donors (Lipinski definition) is 0. The van der Waals surface area contributed by atoms with Gasteiger partial charge in [0.1, 0.15) is 0 Å². The molecule has 4 heteroatoms. The highest BCUT2D eigenvalue weighted by atomic mass is 127. The van der Waals surface area contributed by atoms with E-state index in [9.17, 15) is 4.79 Å². The topological polar surface area (TPSA) is 17.1 Å². The monoisotopic (exact) mass is 346 g/mol. The van der Waals surface area contributed by atoms with Crippen LogP contribution in [0.2, 0.25) is 0 Å². The van der Waals surface area contributed by atoms with E-state index >= 15 is 0 Å². The van der Waals surface area contributed by atoms with E-state index in [1.54, 1.807) is 22.7 Å². The number of rotatable bonds is 0. The first-order chi connectivity index (χ1) is 7.15. The third kappa shape index (κ3) is 1.50. The van der Waals surface area contributed by atoms with Crippen LogP contribution in [0.1, 0.15) is 20.8 Å². The Labute approximate surface area is 109 Å². The third-order valence-electron chi connectivity index (χ3n) is 2.49. The molecule has 0 radical (unpaired) electrons. The molecule has 0 amide bonds. The normalized spacial score (nSPS) is 13.9. The Bertz CT molecular complexity index is 565. The molecule has 2 aromatic rings. The minimum Gasteiger partial charge on any atom is -0.294 e. The van der Waals surface area contributed by atoms with E-state index in [0.29, 0.717) is 6.42 Å². The van der Waals surface area contributed by atoms with Crippen molar-refractivity contribution >= 4 is 51.0 Å². The summed E-state index contributed by atoms with van der Waals surface area (Å²) in [6.07, 6.45) is 0.581. The van der Waals surface area contributed by atoms with Crippen molar-refractivity contribution in [1.29, 1.82) is 0 Å². The van der Waals surface area contributed by atoms with Gasteiger partial charge in [-0.1, -0.05) is 0 Å². The second kappa shape index (κ2) is 3.40. The van der Waals surface area contributed by atoms with Crippen LogP contribution in [0.4, 0.5) is 0 Å². The van der Waals surface area contributed by atoms with Gasteiger partial charge in [-0.05, 0) is 47.2 Å². The number of carbonyl (C=O) groups is 1. The molecule has 1 aliphatic carbocycles. The second-order valence-corrected chi connectivity index (χ2v) is 7.81. The lowest BCUT2D eigenvalue weighted by Crippen LogP contribution is -2.07. The predicted octanol–water partition coefficient (Wildman–Crippen LogP) is 4.13. The van der Waals surface area contributed by atoms with E-state index < -0.39 is 0 Å². The average Bonchev–Trinajstić information content (AvgIpc) is 2.68. The molecule has 15 heavy (non-hydrogen) atoms. The van der Waals surface area contributed by atoms with Crippen LogP contribution < -0.4 is 0 Å². The van der Waals surface area contributed by atoms with Crippen LogP contribution in [0.5, 0.6) is 0 Å². The summed E-state index contributed by atoms with van der Waals surface area (Å²) in [6.45, 7) is 2.06. The summed E-state index contributed by atoms with van der Waals surface area (Å²) in [5.74, 6) is 0.274. The predicted molar refractivity (Wildman–Crippen MR) is 73.1 cm³/mol. The second-order valence-electron chi connectivity index (χ2n) is 3.60. The van der Waals surface area contributed by atoms with Gasteiger partial charge >= 0.3 is 0 Å². The molecule has 76 valence electrons. The lowest BCUT2D eigenvalue weighted by Gasteiger charge is -2.09. The standard InChI is InChI=1S/C11H7IOS2/c1-5-2-7-8(13)3-6-4-9(12)15-10(6)11(7)14-5/h2,4H,3H2,1H3. The Morgan fingerprint density at radius 1 is 1.27 bits per heavy atom. The fourth-order valence-electron chi connectivity index (χ4n) is 1.88. The Hall–Kier alpha value is -0.200. The Morgan fingerprint density at radius 3 is 2.87 bits per heavy atom. The summed E-state index contributed by atoms with van der Waals surface area (Å²) in [6, 6.07) is 4.16. The average molecular weight is 346 g/mol. The van der Waals surface area contributed by atoms with Gasteiger partial charge in [-0.15, -0.1) is 22.7 Å². The van der Waals surface area contributed by atoms with Crippen LogP contribution in [0.25, 0.3) is 9.75 Å². The smallest absolute Gasteiger partial charge is 0.168 e. The van der Waals surface area contributed by atoms with Gasteiger partial charge in [0.15, 0.2) is 5.78 Å². The van der Waals surface area contributed by atoms with Crippen LogP contribution in [0.3, 0.4) is 0 Å². The van der Waals surface area contributed by atoms with Gasteiger partial charge < -0.3 is 0 Å². The quantitative estimate of drug-likeness (QED) is 0.656. The van der Waals surface area contributed by atoms with Crippen molar-refractivity contribution in [3.63, 3.8) is 0 Å². The maximum atomic E-state index is 11.9. The largest absolute Gasteiger partial charge is 0.294 e. The van der Waals surface area contributed by atoms with Gasteiger partial charge in [-0.25, -0.2) is 0 Å². The molecular weight excluding hydrogens is 339 g/mol. The van der Waals surface area contributed by atoms with Crippen molar-refractivity contribution in [2.75, 3.05) is 0 Å². The zero-order valence-corrected chi connectivity index (χ0v) is 11.8.